The Morgan fingerprint density at radius 1 is 1.44 bits per heavy atom. The van der Waals surface area contributed by atoms with Gasteiger partial charge in [-0.1, -0.05) is 15.9 Å². The highest BCUT2D eigenvalue weighted by atomic mass is 79.9. The van der Waals surface area contributed by atoms with Gasteiger partial charge in [0, 0.05) is 10.5 Å². The van der Waals surface area contributed by atoms with Gasteiger partial charge < -0.3 is 10.1 Å². The van der Waals surface area contributed by atoms with Gasteiger partial charge in [-0.2, -0.15) is 0 Å². The van der Waals surface area contributed by atoms with Gasteiger partial charge in [0.1, 0.15) is 11.6 Å². The van der Waals surface area contributed by atoms with Crippen LogP contribution in [0, 0.1) is 0 Å². The molecule has 98 valence electrons. The average molecular weight is 323 g/mol. The number of alkyl halides is 3. The second kappa shape index (κ2) is 4.79. The summed E-state index contributed by atoms with van der Waals surface area (Å²) in [6, 6.07) is 4.57. The van der Waals surface area contributed by atoms with Gasteiger partial charge in [0.25, 0.3) is 0 Å². The van der Waals surface area contributed by atoms with Gasteiger partial charge >= 0.3 is 6.36 Å². The van der Waals surface area contributed by atoms with Gasteiger partial charge in [0.15, 0.2) is 0 Å². The number of aliphatic imine (C=N–C) groups is 1. The highest BCUT2D eigenvalue weighted by Gasteiger charge is 2.33. The summed E-state index contributed by atoms with van der Waals surface area (Å²) in [5.41, 5.74) is 0.305. The molecular formula is C11H10BrF3N2O. The lowest BCUT2D eigenvalue weighted by molar-refractivity contribution is -0.274. The summed E-state index contributed by atoms with van der Waals surface area (Å²) in [5.74, 6) is 0.159. The molecule has 1 aromatic carbocycles. The summed E-state index contributed by atoms with van der Waals surface area (Å²) >= 11 is 3.12. The Balaban J connectivity index is 2.35. The summed E-state index contributed by atoms with van der Waals surface area (Å²) in [7, 11) is 0. The molecule has 1 heterocycles. The Morgan fingerprint density at radius 3 is 2.72 bits per heavy atom. The van der Waals surface area contributed by atoms with Crippen molar-refractivity contribution in [2.45, 2.75) is 19.3 Å². The molecule has 0 saturated heterocycles. The zero-order valence-electron chi connectivity index (χ0n) is 9.38. The van der Waals surface area contributed by atoms with Crippen molar-refractivity contribution in [1.29, 1.82) is 0 Å². The highest BCUT2D eigenvalue weighted by Crippen LogP contribution is 2.30. The molecule has 0 amide bonds. The first kappa shape index (κ1) is 13.2. The summed E-state index contributed by atoms with van der Waals surface area (Å²) in [6.07, 6.45) is -4.72. The highest BCUT2D eigenvalue weighted by molar-refractivity contribution is 9.10. The molecule has 0 aliphatic carbocycles. The zero-order valence-corrected chi connectivity index (χ0v) is 11.0. The molecule has 1 atom stereocenters. The maximum atomic E-state index is 12.3. The third-order valence-electron chi connectivity index (χ3n) is 2.33. The standard InChI is InChI=1S/C11H10BrF3N2O/c1-6-5-16-10(17-6)8-3-2-7(12)4-9(8)18-11(13,14)15/h2-4,6H,5H2,1H3,(H,16,17). The maximum Gasteiger partial charge on any atom is 0.573 e. The number of halogens is 4. The van der Waals surface area contributed by atoms with Crippen molar-refractivity contribution < 1.29 is 17.9 Å². The number of hydrogen-bond acceptors (Lipinski definition) is 3. The van der Waals surface area contributed by atoms with Crippen LogP contribution in [0.25, 0.3) is 0 Å². The Bertz CT molecular complexity index is 488. The van der Waals surface area contributed by atoms with E-state index in [0.29, 0.717) is 22.4 Å². The number of hydrogen-bond donors (Lipinski definition) is 1. The lowest BCUT2D eigenvalue weighted by Gasteiger charge is -2.14. The van der Waals surface area contributed by atoms with E-state index in [1.54, 1.807) is 6.07 Å². The third kappa shape index (κ3) is 3.16. The van der Waals surface area contributed by atoms with E-state index in [1.807, 2.05) is 6.92 Å². The van der Waals surface area contributed by atoms with Crippen LogP contribution in [-0.2, 0) is 0 Å². The first-order valence-corrected chi connectivity index (χ1v) is 6.01. The first-order valence-electron chi connectivity index (χ1n) is 5.22. The fourth-order valence-corrected chi connectivity index (χ4v) is 1.96. The van der Waals surface area contributed by atoms with Crippen LogP contribution in [0.5, 0.6) is 5.75 Å². The molecule has 1 N–H and O–H groups in total. The first-order chi connectivity index (χ1) is 8.35. The van der Waals surface area contributed by atoms with Crippen LogP contribution in [0.4, 0.5) is 13.2 Å². The minimum Gasteiger partial charge on any atom is -0.405 e. The smallest absolute Gasteiger partial charge is 0.405 e. The molecule has 1 aliphatic heterocycles. The predicted octanol–water partition coefficient (Wildman–Crippen LogP) is 3.09. The molecule has 1 aromatic rings. The van der Waals surface area contributed by atoms with Crippen molar-refractivity contribution in [3.05, 3.63) is 28.2 Å². The minimum atomic E-state index is -4.72. The lowest BCUT2D eigenvalue weighted by atomic mass is 10.2. The van der Waals surface area contributed by atoms with Gasteiger partial charge in [0.05, 0.1) is 12.1 Å². The van der Waals surface area contributed by atoms with Crippen molar-refractivity contribution in [1.82, 2.24) is 5.32 Å². The molecule has 0 fully saturated rings. The molecule has 1 aliphatic rings. The van der Waals surface area contributed by atoms with E-state index in [9.17, 15) is 13.2 Å². The van der Waals surface area contributed by atoms with E-state index in [4.69, 9.17) is 0 Å². The van der Waals surface area contributed by atoms with Crippen molar-refractivity contribution in [2.24, 2.45) is 4.99 Å². The van der Waals surface area contributed by atoms with E-state index in [1.165, 1.54) is 12.1 Å². The SMILES string of the molecule is CC1CN=C(c2ccc(Br)cc2OC(F)(F)F)N1. The Hall–Kier alpha value is -1.24. The number of amidine groups is 1. The van der Waals surface area contributed by atoms with Crippen LogP contribution in [0.2, 0.25) is 0 Å². The van der Waals surface area contributed by atoms with Crippen LogP contribution in [0.15, 0.2) is 27.7 Å². The third-order valence-corrected chi connectivity index (χ3v) is 2.82. The summed E-state index contributed by atoms with van der Waals surface area (Å²) in [4.78, 5) is 4.15. The lowest BCUT2D eigenvalue weighted by Crippen LogP contribution is -2.28. The predicted molar refractivity (Wildman–Crippen MR) is 64.8 cm³/mol. The van der Waals surface area contributed by atoms with Gasteiger partial charge in [-0.25, -0.2) is 0 Å². The van der Waals surface area contributed by atoms with Crippen molar-refractivity contribution >= 4 is 21.8 Å². The molecule has 7 heteroatoms. The van der Waals surface area contributed by atoms with Gasteiger partial charge in [-0.3, -0.25) is 4.99 Å². The Kier molecular flexibility index (Phi) is 3.52. The number of rotatable bonds is 2. The van der Waals surface area contributed by atoms with Gasteiger partial charge in [-0.05, 0) is 25.1 Å². The molecule has 0 spiro atoms. The van der Waals surface area contributed by atoms with Crippen LogP contribution in [0.1, 0.15) is 12.5 Å². The topological polar surface area (TPSA) is 33.6 Å². The van der Waals surface area contributed by atoms with E-state index >= 15 is 0 Å². The molecule has 0 aromatic heterocycles. The molecule has 1 unspecified atom stereocenters. The van der Waals surface area contributed by atoms with Crippen LogP contribution in [-0.4, -0.2) is 24.8 Å². The summed E-state index contributed by atoms with van der Waals surface area (Å²) in [5, 5.41) is 3.00. The van der Waals surface area contributed by atoms with Gasteiger partial charge in [-0.15, -0.1) is 13.2 Å². The van der Waals surface area contributed by atoms with Crippen LogP contribution in [0.3, 0.4) is 0 Å². The number of benzene rings is 1. The normalized spacial score (nSPS) is 19.4. The van der Waals surface area contributed by atoms with Crippen molar-refractivity contribution in [3.63, 3.8) is 0 Å². The molecule has 2 rings (SSSR count). The molecule has 0 radical (unpaired) electrons. The monoisotopic (exact) mass is 322 g/mol. The quantitative estimate of drug-likeness (QED) is 0.907. The number of nitrogens with one attached hydrogen (secondary N) is 1. The van der Waals surface area contributed by atoms with Gasteiger partial charge in [0.2, 0.25) is 0 Å². The minimum absolute atomic E-state index is 0.113. The van der Waals surface area contributed by atoms with Crippen LogP contribution >= 0.6 is 15.9 Å². The van der Waals surface area contributed by atoms with E-state index in [-0.39, 0.29) is 11.8 Å². The van der Waals surface area contributed by atoms with E-state index < -0.39 is 6.36 Å². The molecule has 0 bridgehead atoms. The molecular weight excluding hydrogens is 313 g/mol. The second-order valence-corrected chi connectivity index (χ2v) is 4.84. The Morgan fingerprint density at radius 2 is 2.17 bits per heavy atom. The van der Waals surface area contributed by atoms with Crippen molar-refractivity contribution in [3.8, 4) is 5.75 Å². The second-order valence-electron chi connectivity index (χ2n) is 3.92. The summed E-state index contributed by atoms with van der Waals surface area (Å²) in [6.45, 7) is 2.44. The average Bonchev–Trinajstić information content (AvgIpc) is 2.62. The number of ether oxygens (including phenoxy) is 1. The summed E-state index contributed by atoms with van der Waals surface area (Å²) < 4.78 is 41.5. The maximum absolute atomic E-state index is 12.3. The molecule has 18 heavy (non-hydrogen) atoms. The molecule has 0 saturated carbocycles. The van der Waals surface area contributed by atoms with Crippen molar-refractivity contribution in [2.75, 3.05) is 6.54 Å². The fourth-order valence-electron chi connectivity index (χ4n) is 1.62. The fraction of sp³-hybridized carbons (Fsp3) is 0.364. The van der Waals surface area contributed by atoms with E-state index in [0.717, 1.165) is 0 Å². The largest absolute Gasteiger partial charge is 0.573 e. The Labute approximate surface area is 110 Å². The number of nitrogens with zero attached hydrogens (tertiary/aromatic N) is 1. The van der Waals surface area contributed by atoms with E-state index in [2.05, 4.69) is 31.0 Å². The zero-order chi connectivity index (χ0) is 13.3. The molecule has 3 nitrogen and oxygen atoms in total. The van der Waals surface area contributed by atoms with Crippen LogP contribution < -0.4 is 10.1 Å².